The molecule has 0 aliphatic carbocycles. The first kappa shape index (κ1) is 18.1. The quantitative estimate of drug-likeness (QED) is 0.843. The van der Waals surface area contributed by atoms with Crippen LogP contribution in [-0.2, 0) is 6.42 Å². The van der Waals surface area contributed by atoms with Crippen LogP contribution in [0, 0.1) is 0 Å². The van der Waals surface area contributed by atoms with E-state index < -0.39 is 0 Å². The van der Waals surface area contributed by atoms with Gasteiger partial charge >= 0.3 is 6.03 Å². The van der Waals surface area contributed by atoms with Crippen molar-refractivity contribution >= 4 is 11.7 Å². The Kier molecular flexibility index (Phi) is 5.65. The lowest BCUT2D eigenvalue weighted by Gasteiger charge is -2.24. The third kappa shape index (κ3) is 3.76. The molecule has 7 nitrogen and oxygen atoms in total. The van der Waals surface area contributed by atoms with Crippen LogP contribution in [-0.4, -0.2) is 36.9 Å². The Morgan fingerprint density at radius 2 is 2.19 bits per heavy atom. The fourth-order valence-electron chi connectivity index (χ4n) is 3.26. The molecule has 7 heteroatoms. The van der Waals surface area contributed by atoms with E-state index in [4.69, 9.17) is 14.0 Å². The van der Waals surface area contributed by atoms with Gasteiger partial charge in [-0.25, -0.2) is 4.79 Å². The number of amides is 2. The van der Waals surface area contributed by atoms with Crippen molar-refractivity contribution in [1.29, 1.82) is 0 Å². The minimum absolute atomic E-state index is 0.0615. The van der Waals surface area contributed by atoms with E-state index in [-0.39, 0.29) is 12.1 Å². The minimum atomic E-state index is -0.170. The molecule has 26 heavy (non-hydrogen) atoms. The summed E-state index contributed by atoms with van der Waals surface area (Å²) in [5.41, 5.74) is 1.43. The summed E-state index contributed by atoms with van der Waals surface area (Å²) in [5, 5.41) is 7.11. The Bertz CT molecular complexity index is 759. The number of hydrogen-bond donors (Lipinski definition) is 1. The molecule has 1 aromatic heterocycles. The molecule has 0 unspecified atom stereocenters. The molecule has 1 aliphatic heterocycles. The first-order valence-corrected chi connectivity index (χ1v) is 8.91. The number of nitrogens with zero attached hydrogens (tertiary/aromatic N) is 2. The van der Waals surface area contributed by atoms with E-state index in [1.165, 1.54) is 0 Å². The number of aromatic nitrogens is 1. The van der Waals surface area contributed by atoms with Crippen LogP contribution in [0.2, 0.25) is 0 Å². The van der Waals surface area contributed by atoms with Gasteiger partial charge in [-0.15, -0.1) is 0 Å². The zero-order valence-corrected chi connectivity index (χ0v) is 15.4. The van der Waals surface area contributed by atoms with Gasteiger partial charge in [-0.1, -0.05) is 12.1 Å². The first-order valence-electron chi connectivity index (χ1n) is 8.91. The van der Waals surface area contributed by atoms with Crippen LogP contribution in [0.15, 0.2) is 28.8 Å². The van der Waals surface area contributed by atoms with Crippen LogP contribution >= 0.6 is 0 Å². The fourth-order valence-corrected chi connectivity index (χ4v) is 3.26. The molecule has 0 radical (unpaired) electrons. The highest BCUT2D eigenvalue weighted by atomic mass is 16.5. The van der Waals surface area contributed by atoms with Crippen molar-refractivity contribution in [1.82, 2.24) is 10.1 Å². The first-order chi connectivity index (χ1) is 12.7. The van der Waals surface area contributed by atoms with Crippen molar-refractivity contribution in [2.75, 3.05) is 26.1 Å². The highest BCUT2D eigenvalue weighted by Gasteiger charge is 2.32. The third-order valence-electron chi connectivity index (χ3n) is 4.58. The summed E-state index contributed by atoms with van der Waals surface area (Å²) >= 11 is 0. The van der Waals surface area contributed by atoms with Gasteiger partial charge in [0.05, 0.1) is 25.9 Å². The molecule has 2 aromatic rings. The predicted octanol–water partition coefficient (Wildman–Crippen LogP) is 4.01. The lowest BCUT2D eigenvalue weighted by atomic mass is 10.1. The normalized spacial score (nSPS) is 16.6. The second kappa shape index (κ2) is 8.12. The fraction of sp³-hybridized carbons (Fsp3) is 0.474. The molecule has 0 bridgehead atoms. The number of hydrogen-bond acceptors (Lipinski definition) is 5. The topological polar surface area (TPSA) is 76.8 Å². The Morgan fingerprint density at radius 1 is 1.35 bits per heavy atom. The number of methoxy groups -OCH3 is 2. The number of likely N-dealkylation sites (tertiary alicyclic amines) is 1. The van der Waals surface area contributed by atoms with Crippen LogP contribution in [0.1, 0.15) is 43.7 Å². The maximum absolute atomic E-state index is 12.8. The van der Waals surface area contributed by atoms with Crippen LogP contribution in [0.3, 0.4) is 0 Å². The van der Waals surface area contributed by atoms with E-state index in [1.54, 1.807) is 37.3 Å². The van der Waals surface area contributed by atoms with E-state index in [9.17, 15) is 4.79 Å². The molecule has 1 aliphatic rings. The summed E-state index contributed by atoms with van der Waals surface area (Å²) in [6, 6.07) is 7.04. The molecule has 1 N–H and O–H groups in total. The summed E-state index contributed by atoms with van der Waals surface area (Å²) in [6.07, 6.45) is 3.68. The maximum atomic E-state index is 12.8. The third-order valence-corrected chi connectivity index (χ3v) is 4.58. The van der Waals surface area contributed by atoms with Gasteiger partial charge in [-0.2, -0.15) is 0 Å². The van der Waals surface area contributed by atoms with Crippen molar-refractivity contribution in [3.8, 4) is 11.5 Å². The Hall–Kier alpha value is -2.70. The van der Waals surface area contributed by atoms with Crippen molar-refractivity contribution in [2.24, 2.45) is 0 Å². The lowest BCUT2D eigenvalue weighted by molar-refractivity contribution is 0.204. The molecule has 2 amide bonds. The number of anilines is 1. The molecule has 1 atom stereocenters. The van der Waals surface area contributed by atoms with E-state index in [0.29, 0.717) is 23.7 Å². The molecule has 1 saturated heterocycles. The predicted molar refractivity (Wildman–Crippen MR) is 97.7 cm³/mol. The minimum Gasteiger partial charge on any atom is -0.497 e. The molecule has 2 heterocycles. The van der Waals surface area contributed by atoms with Crippen LogP contribution in [0.25, 0.3) is 0 Å². The average molecular weight is 359 g/mol. The number of carbonyl (C=O) groups excluding carboxylic acids is 1. The van der Waals surface area contributed by atoms with Gasteiger partial charge < -0.3 is 24.2 Å². The van der Waals surface area contributed by atoms with Gasteiger partial charge in [0.25, 0.3) is 0 Å². The molecule has 1 fully saturated rings. The number of nitrogens with one attached hydrogen (secondary N) is 1. The van der Waals surface area contributed by atoms with Gasteiger partial charge in [-0.3, -0.25) is 0 Å². The number of urea groups is 1. The standard InChI is InChI=1S/C19H25N3O4/c1-4-6-14-11-16(21-26-14)17-7-5-10-22(17)19(23)20-15-9-8-13(24-2)12-18(15)25-3/h8-9,11-12,17H,4-7,10H2,1-3H3,(H,20,23)/t17-/m1/s1. The molecule has 1 aromatic carbocycles. The Morgan fingerprint density at radius 3 is 2.92 bits per heavy atom. The number of benzene rings is 1. The van der Waals surface area contributed by atoms with E-state index in [0.717, 1.165) is 37.1 Å². The zero-order chi connectivity index (χ0) is 18.5. The lowest BCUT2D eigenvalue weighted by Crippen LogP contribution is -2.34. The highest BCUT2D eigenvalue weighted by Crippen LogP contribution is 2.34. The second-order valence-electron chi connectivity index (χ2n) is 6.32. The van der Waals surface area contributed by atoms with Gasteiger partial charge in [0, 0.05) is 25.1 Å². The summed E-state index contributed by atoms with van der Waals surface area (Å²) in [5.74, 6) is 2.09. The number of aryl methyl sites for hydroxylation is 1. The maximum Gasteiger partial charge on any atom is 0.322 e. The second-order valence-corrected chi connectivity index (χ2v) is 6.32. The molecular formula is C19H25N3O4. The highest BCUT2D eigenvalue weighted by molar-refractivity contribution is 5.91. The van der Waals surface area contributed by atoms with Crippen LogP contribution in [0.5, 0.6) is 11.5 Å². The van der Waals surface area contributed by atoms with Crippen molar-refractivity contribution in [3.63, 3.8) is 0 Å². The zero-order valence-electron chi connectivity index (χ0n) is 15.4. The average Bonchev–Trinajstić information content (AvgIpc) is 3.31. The molecule has 0 saturated carbocycles. The van der Waals surface area contributed by atoms with E-state index in [1.807, 2.05) is 6.07 Å². The Labute approximate surface area is 153 Å². The summed E-state index contributed by atoms with van der Waals surface area (Å²) in [4.78, 5) is 14.6. The SMILES string of the molecule is CCCc1cc([C@H]2CCCN2C(=O)Nc2ccc(OC)cc2OC)no1. The van der Waals surface area contributed by atoms with Gasteiger partial charge in [0.1, 0.15) is 23.0 Å². The summed E-state index contributed by atoms with van der Waals surface area (Å²) in [6.45, 7) is 2.78. The smallest absolute Gasteiger partial charge is 0.322 e. The van der Waals surface area contributed by atoms with Crippen molar-refractivity contribution in [3.05, 3.63) is 35.7 Å². The Balaban J connectivity index is 1.74. The van der Waals surface area contributed by atoms with Crippen molar-refractivity contribution < 1.29 is 18.8 Å². The number of carbonyl (C=O) groups is 1. The molecule has 0 spiro atoms. The molecule has 3 rings (SSSR count). The van der Waals surface area contributed by atoms with Crippen molar-refractivity contribution in [2.45, 2.75) is 38.6 Å². The summed E-state index contributed by atoms with van der Waals surface area (Å²) < 4.78 is 15.9. The molecule has 140 valence electrons. The van der Waals surface area contributed by atoms with E-state index >= 15 is 0 Å². The molecular weight excluding hydrogens is 334 g/mol. The van der Waals surface area contributed by atoms with E-state index in [2.05, 4.69) is 17.4 Å². The van der Waals surface area contributed by atoms with Gasteiger partial charge in [0.2, 0.25) is 0 Å². The van der Waals surface area contributed by atoms with Crippen LogP contribution < -0.4 is 14.8 Å². The van der Waals surface area contributed by atoms with Gasteiger partial charge in [-0.05, 0) is 31.4 Å². The number of ether oxygens (including phenoxy) is 2. The number of rotatable bonds is 6. The van der Waals surface area contributed by atoms with Gasteiger partial charge in [0.15, 0.2) is 0 Å². The monoisotopic (exact) mass is 359 g/mol. The summed E-state index contributed by atoms with van der Waals surface area (Å²) in [7, 11) is 3.15. The van der Waals surface area contributed by atoms with Crippen LogP contribution in [0.4, 0.5) is 10.5 Å². The largest absolute Gasteiger partial charge is 0.497 e.